The van der Waals surface area contributed by atoms with Crippen molar-refractivity contribution in [2.24, 2.45) is 5.92 Å². The molecule has 1 aromatic carbocycles. The molecule has 1 unspecified atom stereocenters. The van der Waals surface area contributed by atoms with Gasteiger partial charge in [-0.2, -0.15) is 26.3 Å². The minimum Gasteiger partial charge on any atom is -0.349 e. The summed E-state index contributed by atoms with van der Waals surface area (Å²) in [6, 6.07) is 0.308. The Hall–Kier alpha value is -1.73. The predicted molar refractivity (Wildman–Crippen MR) is 75.5 cm³/mol. The Balaban J connectivity index is 2.46. The third-order valence-corrected chi connectivity index (χ3v) is 4.37. The molecule has 1 aliphatic carbocycles. The van der Waals surface area contributed by atoms with Crippen LogP contribution in [0.3, 0.4) is 0 Å². The van der Waals surface area contributed by atoms with Crippen molar-refractivity contribution in [3.8, 4) is 0 Å². The van der Waals surface area contributed by atoms with Crippen molar-refractivity contribution in [3.63, 3.8) is 0 Å². The lowest BCUT2D eigenvalue weighted by Gasteiger charge is -2.21. The molecular formula is C16H17F6NO. The van der Waals surface area contributed by atoms with Gasteiger partial charge in [0.1, 0.15) is 0 Å². The number of nitrogens with one attached hydrogen (secondary N) is 1. The zero-order valence-electron chi connectivity index (χ0n) is 13.1. The minimum atomic E-state index is -5.06. The van der Waals surface area contributed by atoms with Crippen LogP contribution >= 0.6 is 0 Å². The van der Waals surface area contributed by atoms with Crippen LogP contribution in [-0.2, 0) is 12.4 Å². The second-order valence-corrected chi connectivity index (χ2v) is 6.20. The standard InChI is InChI=1S/C16H17F6NO/c1-8-4-3-5-12(8)23-14(24)13-9(2)6-10(15(17,18)19)7-11(13)16(20,21)22/h6-8,12H,3-5H2,1-2H3,(H,23,24)/t8-,12?/m1/s1. The number of halogens is 6. The molecule has 1 aromatic rings. The summed E-state index contributed by atoms with van der Waals surface area (Å²) in [4.78, 5) is 12.3. The summed E-state index contributed by atoms with van der Waals surface area (Å²) in [5.74, 6) is -0.856. The van der Waals surface area contributed by atoms with Gasteiger partial charge in [0.25, 0.3) is 5.91 Å². The van der Waals surface area contributed by atoms with Crippen LogP contribution in [0.5, 0.6) is 0 Å². The number of rotatable bonds is 2. The van der Waals surface area contributed by atoms with Crippen LogP contribution < -0.4 is 5.32 Å². The van der Waals surface area contributed by atoms with E-state index in [2.05, 4.69) is 5.32 Å². The highest BCUT2D eigenvalue weighted by Crippen LogP contribution is 2.39. The van der Waals surface area contributed by atoms with E-state index < -0.39 is 35.0 Å². The third kappa shape index (κ3) is 3.84. The predicted octanol–water partition coefficient (Wildman–Crippen LogP) is 4.95. The average molecular weight is 353 g/mol. The van der Waals surface area contributed by atoms with Gasteiger partial charge in [0, 0.05) is 6.04 Å². The number of benzene rings is 1. The number of alkyl halides is 6. The van der Waals surface area contributed by atoms with Crippen molar-refractivity contribution >= 4 is 5.91 Å². The number of aryl methyl sites for hydroxylation is 1. The van der Waals surface area contributed by atoms with Gasteiger partial charge in [-0.3, -0.25) is 4.79 Å². The number of hydrogen-bond donors (Lipinski definition) is 1. The SMILES string of the molecule is Cc1cc(C(F)(F)F)cc(C(F)(F)F)c1C(=O)NC1CCC[C@H]1C. The summed E-state index contributed by atoms with van der Waals surface area (Å²) in [5.41, 5.74) is -4.06. The summed E-state index contributed by atoms with van der Waals surface area (Å²) < 4.78 is 77.9. The van der Waals surface area contributed by atoms with E-state index >= 15 is 0 Å². The Morgan fingerprint density at radius 2 is 1.71 bits per heavy atom. The van der Waals surface area contributed by atoms with Gasteiger partial charge in [-0.15, -0.1) is 0 Å². The smallest absolute Gasteiger partial charge is 0.349 e. The average Bonchev–Trinajstić information content (AvgIpc) is 2.81. The molecule has 0 bridgehead atoms. The second-order valence-electron chi connectivity index (χ2n) is 6.20. The third-order valence-electron chi connectivity index (χ3n) is 4.37. The van der Waals surface area contributed by atoms with Crippen LogP contribution in [0, 0.1) is 12.8 Å². The van der Waals surface area contributed by atoms with E-state index in [4.69, 9.17) is 0 Å². The Labute approximate surface area is 135 Å². The van der Waals surface area contributed by atoms with Gasteiger partial charge in [-0.1, -0.05) is 13.3 Å². The maximum Gasteiger partial charge on any atom is 0.417 e. The molecule has 1 aliphatic rings. The molecule has 2 nitrogen and oxygen atoms in total. The largest absolute Gasteiger partial charge is 0.417 e. The fraction of sp³-hybridized carbons (Fsp3) is 0.562. The number of carbonyl (C=O) groups is 1. The van der Waals surface area contributed by atoms with Gasteiger partial charge >= 0.3 is 12.4 Å². The quantitative estimate of drug-likeness (QED) is 0.749. The lowest BCUT2D eigenvalue weighted by Crippen LogP contribution is -2.38. The number of hydrogen-bond acceptors (Lipinski definition) is 1. The van der Waals surface area contributed by atoms with Gasteiger partial charge in [-0.05, 0) is 43.4 Å². The molecule has 2 rings (SSSR count). The molecule has 134 valence electrons. The van der Waals surface area contributed by atoms with Crippen molar-refractivity contribution < 1.29 is 31.1 Å². The van der Waals surface area contributed by atoms with E-state index in [1.54, 1.807) is 0 Å². The normalized spacial score (nSPS) is 21.8. The zero-order chi connectivity index (χ0) is 18.3. The van der Waals surface area contributed by atoms with E-state index in [-0.39, 0.29) is 23.6 Å². The van der Waals surface area contributed by atoms with Crippen molar-refractivity contribution in [3.05, 3.63) is 34.4 Å². The monoisotopic (exact) mass is 353 g/mol. The summed E-state index contributed by atoms with van der Waals surface area (Å²) in [6.07, 6.45) is -7.62. The first kappa shape index (κ1) is 18.6. The molecule has 1 saturated carbocycles. The zero-order valence-corrected chi connectivity index (χ0v) is 13.1. The Morgan fingerprint density at radius 3 is 2.17 bits per heavy atom. The lowest BCUT2D eigenvalue weighted by molar-refractivity contribution is -0.143. The molecule has 0 radical (unpaired) electrons. The maximum atomic E-state index is 13.2. The molecule has 0 saturated heterocycles. The summed E-state index contributed by atoms with van der Waals surface area (Å²) in [7, 11) is 0. The number of amides is 1. The molecule has 0 aromatic heterocycles. The molecule has 8 heteroatoms. The van der Waals surface area contributed by atoms with E-state index in [1.165, 1.54) is 0 Å². The molecule has 1 amide bonds. The van der Waals surface area contributed by atoms with Gasteiger partial charge in [0.2, 0.25) is 0 Å². The van der Waals surface area contributed by atoms with E-state index in [1.807, 2.05) is 6.92 Å². The van der Waals surface area contributed by atoms with Crippen molar-refractivity contribution in [2.45, 2.75) is 51.5 Å². The first-order valence-electron chi connectivity index (χ1n) is 7.51. The van der Waals surface area contributed by atoms with Crippen molar-refractivity contribution in [1.82, 2.24) is 5.32 Å². The lowest BCUT2D eigenvalue weighted by atomic mass is 9.96. The fourth-order valence-corrected chi connectivity index (χ4v) is 3.08. The summed E-state index contributed by atoms with van der Waals surface area (Å²) >= 11 is 0. The highest BCUT2D eigenvalue weighted by atomic mass is 19.4. The molecule has 0 heterocycles. The van der Waals surface area contributed by atoms with Crippen LogP contribution in [0.2, 0.25) is 0 Å². The first-order chi connectivity index (χ1) is 10.9. The summed E-state index contributed by atoms with van der Waals surface area (Å²) in [6.45, 7) is 2.96. The highest BCUT2D eigenvalue weighted by molar-refractivity contribution is 5.97. The molecule has 0 aliphatic heterocycles. The van der Waals surface area contributed by atoms with Crippen LogP contribution in [0.1, 0.15) is 53.2 Å². The van der Waals surface area contributed by atoms with Crippen LogP contribution in [0.25, 0.3) is 0 Å². The van der Waals surface area contributed by atoms with Gasteiger partial charge in [-0.25, -0.2) is 0 Å². The van der Waals surface area contributed by atoms with Gasteiger partial charge in [0.15, 0.2) is 0 Å². The second kappa shape index (κ2) is 6.29. The van der Waals surface area contributed by atoms with Crippen LogP contribution in [-0.4, -0.2) is 11.9 Å². The van der Waals surface area contributed by atoms with Crippen LogP contribution in [0.15, 0.2) is 12.1 Å². The fourth-order valence-electron chi connectivity index (χ4n) is 3.08. The topological polar surface area (TPSA) is 29.1 Å². The molecular weight excluding hydrogens is 336 g/mol. The van der Waals surface area contributed by atoms with Gasteiger partial charge in [0.05, 0.1) is 16.7 Å². The first-order valence-corrected chi connectivity index (χ1v) is 7.51. The Kier molecular flexibility index (Phi) is 4.88. The van der Waals surface area contributed by atoms with Gasteiger partial charge < -0.3 is 5.32 Å². The van der Waals surface area contributed by atoms with E-state index in [0.717, 1.165) is 19.8 Å². The molecule has 1 fully saturated rings. The highest BCUT2D eigenvalue weighted by Gasteiger charge is 2.41. The van der Waals surface area contributed by atoms with E-state index in [9.17, 15) is 31.1 Å². The van der Waals surface area contributed by atoms with Crippen molar-refractivity contribution in [2.75, 3.05) is 0 Å². The van der Waals surface area contributed by atoms with E-state index in [0.29, 0.717) is 12.5 Å². The minimum absolute atomic E-state index is 0.00000992. The molecule has 2 atom stereocenters. The van der Waals surface area contributed by atoms with Crippen LogP contribution in [0.4, 0.5) is 26.3 Å². The maximum absolute atomic E-state index is 13.2. The molecule has 24 heavy (non-hydrogen) atoms. The Morgan fingerprint density at radius 1 is 1.08 bits per heavy atom. The number of carbonyl (C=O) groups excluding carboxylic acids is 1. The van der Waals surface area contributed by atoms with Crippen molar-refractivity contribution in [1.29, 1.82) is 0 Å². The Bertz CT molecular complexity index is 635. The molecule has 1 N–H and O–H groups in total. The summed E-state index contributed by atoms with van der Waals surface area (Å²) in [5, 5.41) is 2.54. The molecule has 0 spiro atoms.